The second-order valence-corrected chi connectivity index (χ2v) is 8.06. The summed E-state index contributed by atoms with van der Waals surface area (Å²) in [6.45, 7) is 0.806. The van der Waals surface area contributed by atoms with Gasteiger partial charge in [0.05, 0.1) is 30.7 Å². The summed E-state index contributed by atoms with van der Waals surface area (Å²) in [7, 11) is 1.50. The van der Waals surface area contributed by atoms with Gasteiger partial charge in [0.1, 0.15) is 23.3 Å². The molecule has 1 fully saturated rings. The number of ether oxygens (including phenoxy) is 2. The van der Waals surface area contributed by atoms with Crippen LogP contribution in [0.1, 0.15) is 40.2 Å². The van der Waals surface area contributed by atoms with Crippen LogP contribution in [0.4, 0.5) is 0 Å². The van der Waals surface area contributed by atoms with Crippen molar-refractivity contribution >= 4 is 5.91 Å². The highest BCUT2D eigenvalue weighted by molar-refractivity contribution is 5.97. The van der Waals surface area contributed by atoms with E-state index in [4.69, 9.17) is 9.47 Å². The van der Waals surface area contributed by atoms with Gasteiger partial charge in [0.25, 0.3) is 5.91 Å². The van der Waals surface area contributed by atoms with Gasteiger partial charge in [0.15, 0.2) is 5.60 Å². The quantitative estimate of drug-likeness (QED) is 0.690. The number of piperidine rings is 1. The minimum absolute atomic E-state index is 0.128. The van der Waals surface area contributed by atoms with Gasteiger partial charge in [-0.2, -0.15) is 5.26 Å². The summed E-state index contributed by atoms with van der Waals surface area (Å²) in [6, 6.07) is 19.0. The molecule has 5 rings (SSSR count). The van der Waals surface area contributed by atoms with Crippen LogP contribution in [0.3, 0.4) is 0 Å². The van der Waals surface area contributed by atoms with Crippen molar-refractivity contribution in [2.45, 2.75) is 25.0 Å². The zero-order valence-electron chi connectivity index (χ0n) is 17.7. The third-order valence-corrected chi connectivity index (χ3v) is 6.43. The van der Waals surface area contributed by atoms with Crippen molar-refractivity contribution in [3.8, 4) is 23.3 Å². The number of aromatic nitrogens is 1. The molecular formula is C25H23N3O4. The maximum atomic E-state index is 13.3. The molecule has 7 nitrogen and oxygen atoms in total. The molecule has 2 aromatic carbocycles. The smallest absolute Gasteiger partial charge is 0.257 e. The number of hydrogen-bond donors (Lipinski definition) is 1. The first kappa shape index (κ1) is 20.2. The van der Waals surface area contributed by atoms with E-state index in [9.17, 15) is 15.2 Å². The third kappa shape index (κ3) is 2.95. The highest BCUT2D eigenvalue weighted by Gasteiger charge is 2.45. The number of para-hydroxylation sites is 3. The zero-order chi connectivity index (χ0) is 22.3. The predicted octanol–water partition coefficient (Wildman–Crippen LogP) is 3.37. The van der Waals surface area contributed by atoms with Crippen LogP contribution in [-0.4, -0.2) is 40.7 Å². The molecule has 1 amide bonds. The van der Waals surface area contributed by atoms with Gasteiger partial charge in [-0.15, -0.1) is 0 Å². The van der Waals surface area contributed by atoms with Crippen LogP contribution < -0.4 is 9.47 Å². The van der Waals surface area contributed by atoms with Crippen molar-refractivity contribution in [2.24, 2.45) is 0 Å². The molecule has 0 atom stereocenters. The number of rotatable bonds is 3. The molecule has 3 heterocycles. The summed E-state index contributed by atoms with van der Waals surface area (Å²) in [5, 5.41) is 19.2. The largest absolute Gasteiger partial charge is 0.496 e. The Bertz CT molecular complexity index is 1230. The molecule has 2 aliphatic rings. The number of hydrogen-bond acceptors (Lipinski definition) is 5. The summed E-state index contributed by atoms with van der Waals surface area (Å²) >= 11 is 0. The maximum Gasteiger partial charge on any atom is 0.257 e. The molecule has 2 aliphatic heterocycles. The number of methoxy groups -OCH3 is 1. The number of nitriles is 1. The second-order valence-electron chi connectivity index (χ2n) is 8.06. The molecule has 0 unspecified atom stereocenters. The first-order valence-corrected chi connectivity index (χ1v) is 10.6. The number of fused-ring (bicyclic) bond motifs is 4. The molecule has 32 heavy (non-hydrogen) atoms. The van der Waals surface area contributed by atoms with Crippen LogP contribution in [0, 0.1) is 11.3 Å². The third-order valence-electron chi connectivity index (χ3n) is 6.43. The average molecular weight is 429 g/mol. The molecule has 7 heteroatoms. The highest BCUT2D eigenvalue weighted by atomic mass is 16.5. The number of aliphatic hydroxyl groups excluding tert-OH is 1. The number of aliphatic hydroxyl groups is 1. The number of benzene rings is 2. The van der Waals surface area contributed by atoms with Gasteiger partial charge in [-0.3, -0.25) is 9.36 Å². The normalized spacial score (nSPS) is 16.0. The van der Waals surface area contributed by atoms with Gasteiger partial charge in [-0.05, 0) is 30.3 Å². The molecular weight excluding hydrogens is 406 g/mol. The molecule has 0 saturated carbocycles. The van der Waals surface area contributed by atoms with Gasteiger partial charge >= 0.3 is 0 Å². The summed E-state index contributed by atoms with van der Waals surface area (Å²) in [6.07, 6.45) is 1.20. The topological polar surface area (TPSA) is 87.7 Å². The van der Waals surface area contributed by atoms with Crippen LogP contribution in [0.25, 0.3) is 5.69 Å². The molecule has 0 aliphatic carbocycles. The van der Waals surface area contributed by atoms with E-state index in [1.54, 1.807) is 23.1 Å². The molecule has 3 aromatic rings. The van der Waals surface area contributed by atoms with Crippen LogP contribution >= 0.6 is 0 Å². The summed E-state index contributed by atoms with van der Waals surface area (Å²) in [5.74, 6) is 1.02. The first-order valence-electron chi connectivity index (χ1n) is 10.6. The Balaban J connectivity index is 1.45. The summed E-state index contributed by atoms with van der Waals surface area (Å²) in [5.41, 5.74) is 2.80. The van der Waals surface area contributed by atoms with Gasteiger partial charge in [0, 0.05) is 31.5 Å². The van der Waals surface area contributed by atoms with E-state index in [1.807, 2.05) is 41.0 Å². The summed E-state index contributed by atoms with van der Waals surface area (Å²) < 4.78 is 13.9. The lowest BCUT2D eigenvalue weighted by Crippen LogP contribution is -2.50. The number of carbonyl (C=O) groups is 1. The number of carbonyl (C=O) groups excluding carboxylic acids is 1. The van der Waals surface area contributed by atoms with Gasteiger partial charge in [-0.25, -0.2) is 0 Å². The molecule has 0 bridgehead atoms. The van der Waals surface area contributed by atoms with Crippen LogP contribution in [0.5, 0.6) is 11.5 Å². The first-order chi connectivity index (χ1) is 15.6. The van der Waals surface area contributed by atoms with Gasteiger partial charge < -0.3 is 19.5 Å². The second kappa shape index (κ2) is 7.74. The number of amides is 1. The summed E-state index contributed by atoms with van der Waals surface area (Å²) in [4.78, 5) is 15.1. The molecule has 162 valence electrons. The van der Waals surface area contributed by atoms with Crippen molar-refractivity contribution in [2.75, 3.05) is 20.2 Å². The van der Waals surface area contributed by atoms with Crippen molar-refractivity contribution in [3.05, 3.63) is 77.1 Å². The minimum atomic E-state index is -0.600. The van der Waals surface area contributed by atoms with Gasteiger partial charge in [0.2, 0.25) is 0 Å². The Hall–Kier alpha value is -3.76. The lowest BCUT2D eigenvalue weighted by molar-refractivity contribution is -0.00944. The van der Waals surface area contributed by atoms with E-state index >= 15 is 0 Å². The predicted molar refractivity (Wildman–Crippen MR) is 117 cm³/mol. The Morgan fingerprint density at radius 2 is 1.94 bits per heavy atom. The molecule has 1 N–H and O–H groups in total. The maximum absolute atomic E-state index is 13.3. The van der Waals surface area contributed by atoms with Gasteiger partial charge in [-0.1, -0.05) is 24.3 Å². The van der Waals surface area contributed by atoms with Crippen molar-refractivity contribution in [3.63, 3.8) is 0 Å². The van der Waals surface area contributed by atoms with Crippen LogP contribution in [0.15, 0.2) is 54.6 Å². The lowest BCUT2D eigenvalue weighted by atomic mass is 9.86. The fourth-order valence-electron chi connectivity index (χ4n) is 4.85. The van der Waals surface area contributed by atoms with E-state index < -0.39 is 5.60 Å². The van der Waals surface area contributed by atoms with E-state index in [0.717, 1.165) is 17.1 Å². The van der Waals surface area contributed by atoms with E-state index in [0.29, 0.717) is 48.5 Å². The fraction of sp³-hybridized carbons (Fsp3) is 0.280. The standard InChI is InChI=1S/C25H23N3O4/c1-31-23-17(16-29)5-4-6-19(23)24(30)27-13-11-25(12-14-27)22-10-9-18(15-26)28(22)20-7-2-3-8-21(20)32-25/h2-10,29H,11-14,16H2,1H3. The number of nitrogens with zero attached hydrogens (tertiary/aromatic N) is 3. The van der Waals surface area contributed by atoms with Crippen molar-refractivity contribution < 1.29 is 19.4 Å². The van der Waals surface area contributed by atoms with E-state index in [2.05, 4.69) is 6.07 Å². The molecule has 1 saturated heterocycles. The Morgan fingerprint density at radius 1 is 1.16 bits per heavy atom. The van der Waals surface area contributed by atoms with Crippen molar-refractivity contribution in [1.82, 2.24) is 9.47 Å². The SMILES string of the molecule is COc1c(CO)cccc1C(=O)N1CCC2(CC1)Oc1ccccc1-n1c(C#N)ccc12. The zero-order valence-corrected chi connectivity index (χ0v) is 17.7. The van der Waals surface area contributed by atoms with Crippen LogP contribution in [0.2, 0.25) is 0 Å². The lowest BCUT2D eigenvalue weighted by Gasteiger charge is -2.45. The average Bonchev–Trinajstić information content (AvgIpc) is 3.29. The minimum Gasteiger partial charge on any atom is -0.496 e. The highest BCUT2D eigenvalue weighted by Crippen LogP contribution is 2.46. The molecule has 0 radical (unpaired) electrons. The Morgan fingerprint density at radius 3 is 2.66 bits per heavy atom. The monoisotopic (exact) mass is 429 g/mol. The van der Waals surface area contributed by atoms with E-state index in [1.165, 1.54) is 7.11 Å². The van der Waals surface area contributed by atoms with E-state index in [-0.39, 0.29) is 12.5 Å². The van der Waals surface area contributed by atoms with Crippen molar-refractivity contribution in [1.29, 1.82) is 5.26 Å². The molecule has 1 spiro atoms. The Kier molecular flexibility index (Phi) is 4.87. The Labute approximate surface area is 186 Å². The molecule has 1 aromatic heterocycles. The number of likely N-dealkylation sites (tertiary alicyclic amines) is 1. The fourth-order valence-corrected chi connectivity index (χ4v) is 4.85. The van der Waals surface area contributed by atoms with Crippen LogP contribution in [-0.2, 0) is 12.2 Å².